The fourth-order valence-corrected chi connectivity index (χ4v) is 3.08. The van der Waals surface area contributed by atoms with Crippen LogP contribution in [0.2, 0.25) is 0 Å². The van der Waals surface area contributed by atoms with E-state index >= 15 is 0 Å². The molecular formula is C16H22BrN3O2. The number of rotatable bonds is 4. The van der Waals surface area contributed by atoms with Crippen molar-refractivity contribution in [2.24, 2.45) is 0 Å². The molecule has 1 aromatic rings. The molecule has 2 rings (SSSR count). The van der Waals surface area contributed by atoms with Crippen LogP contribution in [0.1, 0.15) is 37.7 Å². The predicted molar refractivity (Wildman–Crippen MR) is 90.9 cm³/mol. The van der Waals surface area contributed by atoms with Crippen LogP contribution in [0.4, 0.5) is 10.5 Å². The van der Waals surface area contributed by atoms with Crippen LogP contribution in [0.3, 0.4) is 0 Å². The quantitative estimate of drug-likeness (QED) is 0.763. The fraction of sp³-hybridized carbons (Fsp3) is 0.500. The zero-order valence-corrected chi connectivity index (χ0v) is 14.3. The van der Waals surface area contributed by atoms with E-state index in [4.69, 9.17) is 0 Å². The summed E-state index contributed by atoms with van der Waals surface area (Å²) in [6, 6.07) is 5.60. The normalized spacial score (nSPS) is 15.2. The summed E-state index contributed by atoms with van der Waals surface area (Å²) >= 11 is 3.38. The second-order valence-electron chi connectivity index (χ2n) is 5.67. The maximum absolute atomic E-state index is 11.9. The molecule has 5 nitrogen and oxygen atoms in total. The molecule has 0 atom stereocenters. The first-order valence-corrected chi connectivity index (χ1v) is 8.44. The van der Waals surface area contributed by atoms with Gasteiger partial charge in [-0.25, -0.2) is 4.79 Å². The third-order valence-electron chi connectivity index (χ3n) is 3.81. The number of amides is 3. The largest absolute Gasteiger partial charge is 0.335 e. The molecule has 0 saturated heterocycles. The second-order valence-corrected chi connectivity index (χ2v) is 6.59. The molecule has 0 unspecified atom stereocenters. The molecule has 1 aromatic carbocycles. The van der Waals surface area contributed by atoms with Gasteiger partial charge in [0.05, 0.1) is 6.54 Å². The average Bonchev–Trinajstić information content (AvgIpc) is 2.49. The summed E-state index contributed by atoms with van der Waals surface area (Å²) in [4.78, 5) is 23.7. The Morgan fingerprint density at radius 3 is 2.64 bits per heavy atom. The van der Waals surface area contributed by atoms with Crippen LogP contribution in [0, 0.1) is 6.92 Å². The summed E-state index contributed by atoms with van der Waals surface area (Å²) in [5.41, 5.74) is 1.72. The molecule has 1 fully saturated rings. The number of benzene rings is 1. The van der Waals surface area contributed by atoms with Crippen LogP contribution >= 0.6 is 15.9 Å². The number of nitrogens with one attached hydrogen (secondary N) is 3. The van der Waals surface area contributed by atoms with Crippen molar-refractivity contribution in [2.45, 2.75) is 45.1 Å². The molecule has 0 bridgehead atoms. The summed E-state index contributed by atoms with van der Waals surface area (Å²) in [7, 11) is 0. The molecule has 3 amide bonds. The smallest absolute Gasteiger partial charge is 0.315 e. The lowest BCUT2D eigenvalue weighted by Crippen LogP contribution is -2.45. The van der Waals surface area contributed by atoms with Crippen molar-refractivity contribution in [3.05, 3.63) is 28.2 Å². The van der Waals surface area contributed by atoms with Gasteiger partial charge in [-0.05, 0) is 43.5 Å². The van der Waals surface area contributed by atoms with E-state index in [1.165, 1.54) is 6.42 Å². The summed E-state index contributed by atoms with van der Waals surface area (Å²) < 4.78 is 0.966. The summed E-state index contributed by atoms with van der Waals surface area (Å²) in [6.45, 7) is 1.89. The second kappa shape index (κ2) is 8.17. The van der Waals surface area contributed by atoms with Gasteiger partial charge in [-0.2, -0.15) is 0 Å². The van der Waals surface area contributed by atoms with Gasteiger partial charge in [0.1, 0.15) is 0 Å². The number of urea groups is 1. The molecule has 0 heterocycles. The van der Waals surface area contributed by atoms with Gasteiger partial charge in [0, 0.05) is 16.2 Å². The number of anilines is 1. The number of carbonyl (C=O) groups excluding carboxylic acids is 2. The van der Waals surface area contributed by atoms with Crippen LogP contribution in [-0.2, 0) is 4.79 Å². The van der Waals surface area contributed by atoms with Crippen LogP contribution < -0.4 is 16.0 Å². The zero-order chi connectivity index (χ0) is 15.9. The van der Waals surface area contributed by atoms with Crippen LogP contribution in [0.15, 0.2) is 22.7 Å². The van der Waals surface area contributed by atoms with E-state index in [0.717, 1.165) is 41.4 Å². The van der Waals surface area contributed by atoms with E-state index in [9.17, 15) is 9.59 Å². The van der Waals surface area contributed by atoms with E-state index in [2.05, 4.69) is 31.9 Å². The minimum Gasteiger partial charge on any atom is -0.335 e. The average molecular weight is 368 g/mol. The van der Waals surface area contributed by atoms with Gasteiger partial charge in [0.25, 0.3) is 0 Å². The Balaban J connectivity index is 1.73. The Morgan fingerprint density at radius 2 is 1.95 bits per heavy atom. The van der Waals surface area contributed by atoms with Crippen molar-refractivity contribution in [1.82, 2.24) is 10.6 Å². The maximum Gasteiger partial charge on any atom is 0.315 e. The first-order valence-electron chi connectivity index (χ1n) is 7.65. The van der Waals surface area contributed by atoms with E-state index in [1.54, 1.807) is 0 Å². The first kappa shape index (κ1) is 16.8. The molecule has 6 heteroatoms. The molecule has 3 N–H and O–H groups in total. The van der Waals surface area contributed by atoms with Crippen molar-refractivity contribution in [2.75, 3.05) is 11.9 Å². The molecule has 1 aliphatic carbocycles. The van der Waals surface area contributed by atoms with Gasteiger partial charge < -0.3 is 16.0 Å². The SMILES string of the molecule is Cc1cc(Br)ccc1NC(=O)CNC(=O)NC1CCCCC1. The molecule has 0 aliphatic heterocycles. The summed E-state index contributed by atoms with van der Waals surface area (Å²) in [5.74, 6) is -0.232. The van der Waals surface area contributed by atoms with E-state index in [1.807, 2.05) is 25.1 Å². The number of carbonyl (C=O) groups is 2. The molecule has 1 saturated carbocycles. The summed E-state index contributed by atoms with van der Waals surface area (Å²) in [5, 5.41) is 8.32. The lowest BCUT2D eigenvalue weighted by Gasteiger charge is -2.22. The molecular weight excluding hydrogens is 346 g/mol. The van der Waals surface area contributed by atoms with Gasteiger partial charge in [-0.1, -0.05) is 35.2 Å². The van der Waals surface area contributed by atoms with Crippen LogP contribution in [-0.4, -0.2) is 24.5 Å². The minimum absolute atomic E-state index is 0.0337. The number of hydrogen-bond donors (Lipinski definition) is 3. The fourth-order valence-electron chi connectivity index (χ4n) is 2.61. The van der Waals surface area contributed by atoms with Crippen molar-refractivity contribution in [3.63, 3.8) is 0 Å². The third-order valence-corrected chi connectivity index (χ3v) is 4.31. The molecule has 1 aliphatic rings. The van der Waals surface area contributed by atoms with Crippen molar-refractivity contribution >= 4 is 33.6 Å². The Kier molecular flexibility index (Phi) is 6.24. The Hall–Kier alpha value is -1.56. The van der Waals surface area contributed by atoms with E-state index in [0.29, 0.717) is 0 Å². The lowest BCUT2D eigenvalue weighted by atomic mass is 9.96. The van der Waals surface area contributed by atoms with Gasteiger partial charge in [-0.15, -0.1) is 0 Å². The zero-order valence-electron chi connectivity index (χ0n) is 12.7. The number of aryl methyl sites for hydroxylation is 1. The van der Waals surface area contributed by atoms with Crippen molar-refractivity contribution in [1.29, 1.82) is 0 Å². The van der Waals surface area contributed by atoms with Gasteiger partial charge in [0.2, 0.25) is 5.91 Å². The minimum atomic E-state index is -0.269. The molecule has 0 radical (unpaired) electrons. The van der Waals surface area contributed by atoms with Crippen LogP contribution in [0.5, 0.6) is 0 Å². The monoisotopic (exact) mass is 367 g/mol. The highest BCUT2D eigenvalue weighted by molar-refractivity contribution is 9.10. The highest BCUT2D eigenvalue weighted by Crippen LogP contribution is 2.20. The Morgan fingerprint density at radius 1 is 1.23 bits per heavy atom. The maximum atomic E-state index is 11.9. The van der Waals surface area contributed by atoms with Gasteiger partial charge in [0.15, 0.2) is 0 Å². The Labute approximate surface area is 139 Å². The lowest BCUT2D eigenvalue weighted by molar-refractivity contribution is -0.115. The molecule has 120 valence electrons. The third kappa shape index (κ3) is 5.33. The van der Waals surface area contributed by atoms with E-state index in [-0.39, 0.29) is 24.5 Å². The van der Waals surface area contributed by atoms with Gasteiger partial charge >= 0.3 is 6.03 Å². The molecule has 0 aromatic heterocycles. The topological polar surface area (TPSA) is 70.2 Å². The number of hydrogen-bond acceptors (Lipinski definition) is 2. The first-order chi connectivity index (χ1) is 10.5. The highest BCUT2D eigenvalue weighted by Gasteiger charge is 2.15. The number of halogens is 1. The van der Waals surface area contributed by atoms with E-state index < -0.39 is 0 Å². The standard InChI is InChI=1S/C16H22BrN3O2/c1-11-9-12(17)7-8-14(11)20-15(21)10-18-16(22)19-13-5-3-2-4-6-13/h7-9,13H,2-6,10H2,1H3,(H,20,21)(H2,18,19,22). The van der Waals surface area contributed by atoms with Crippen LogP contribution in [0.25, 0.3) is 0 Å². The molecule has 22 heavy (non-hydrogen) atoms. The van der Waals surface area contributed by atoms with Crippen molar-refractivity contribution in [3.8, 4) is 0 Å². The molecule has 0 spiro atoms. The van der Waals surface area contributed by atoms with Gasteiger partial charge in [-0.3, -0.25) is 4.79 Å². The Bertz CT molecular complexity index is 542. The van der Waals surface area contributed by atoms with Crippen molar-refractivity contribution < 1.29 is 9.59 Å². The highest BCUT2D eigenvalue weighted by atomic mass is 79.9. The summed E-state index contributed by atoms with van der Waals surface area (Å²) in [6.07, 6.45) is 5.62. The predicted octanol–water partition coefficient (Wildman–Crippen LogP) is 3.33.